The van der Waals surface area contributed by atoms with Gasteiger partial charge in [0.25, 0.3) is 0 Å². The van der Waals surface area contributed by atoms with Crippen LogP contribution in [0.1, 0.15) is 44.7 Å². The lowest BCUT2D eigenvalue weighted by Gasteiger charge is -2.40. The molecule has 4 N–H and O–H groups in total. The van der Waals surface area contributed by atoms with Crippen LogP contribution in [0.15, 0.2) is 48.5 Å². The van der Waals surface area contributed by atoms with Crippen molar-refractivity contribution < 1.29 is 9.59 Å². The van der Waals surface area contributed by atoms with Crippen molar-refractivity contribution in [3.05, 3.63) is 54.1 Å². The molecule has 0 aliphatic carbocycles. The molecule has 0 fully saturated rings. The first-order valence-corrected chi connectivity index (χ1v) is 9.81. The predicted molar refractivity (Wildman–Crippen MR) is 113 cm³/mol. The van der Waals surface area contributed by atoms with Crippen molar-refractivity contribution in [1.29, 1.82) is 0 Å². The molecule has 6 heteroatoms. The monoisotopic (exact) mass is 380 g/mol. The number of benzene rings is 2. The van der Waals surface area contributed by atoms with E-state index < -0.39 is 0 Å². The maximum Gasteiger partial charge on any atom is 0.226 e. The zero-order valence-electron chi connectivity index (χ0n) is 16.4. The zero-order valence-corrected chi connectivity index (χ0v) is 16.4. The second kappa shape index (κ2) is 8.89. The zero-order chi connectivity index (χ0) is 20.1. The van der Waals surface area contributed by atoms with Crippen LogP contribution in [-0.2, 0) is 9.59 Å². The van der Waals surface area contributed by atoms with Gasteiger partial charge in [0.2, 0.25) is 11.8 Å². The normalized spacial score (nSPS) is 18.3. The number of amides is 2. The third-order valence-corrected chi connectivity index (χ3v) is 5.04. The SMILES string of the molecule is CCC(=O)N1c2ccccc2[C@H](Nc2ccc(NC(=O)CCN)cc2)C[C@@H]1C. The van der Waals surface area contributed by atoms with E-state index in [2.05, 4.69) is 23.6 Å². The molecule has 1 aliphatic rings. The fraction of sp³-hybridized carbons (Fsp3) is 0.364. The molecular formula is C22H28N4O2. The van der Waals surface area contributed by atoms with Crippen molar-refractivity contribution in [3.63, 3.8) is 0 Å². The van der Waals surface area contributed by atoms with Crippen molar-refractivity contribution in [1.82, 2.24) is 0 Å². The standard InChI is InChI=1S/C22H28N4O2/c1-3-22(28)26-15(2)14-19(18-6-4-5-7-20(18)26)24-16-8-10-17(11-9-16)25-21(27)12-13-23/h4-11,15,19,24H,3,12-14,23H2,1-2H3,(H,25,27)/t15-,19+/m0/s1. The van der Waals surface area contributed by atoms with Crippen LogP contribution in [0.25, 0.3) is 0 Å². The molecule has 2 aromatic carbocycles. The summed E-state index contributed by atoms with van der Waals surface area (Å²) < 4.78 is 0. The number of carbonyl (C=O) groups is 2. The fourth-order valence-corrected chi connectivity index (χ4v) is 3.71. The molecule has 6 nitrogen and oxygen atoms in total. The number of hydrogen-bond acceptors (Lipinski definition) is 4. The van der Waals surface area contributed by atoms with Crippen LogP contribution in [-0.4, -0.2) is 24.4 Å². The third-order valence-electron chi connectivity index (χ3n) is 5.04. The van der Waals surface area contributed by atoms with E-state index in [0.29, 0.717) is 19.4 Å². The Labute approximate surface area is 166 Å². The molecule has 2 amide bonds. The van der Waals surface area contributed by atoms with E-state index in [1.54, 1.807) is 0 Å². The highest BCUT2D eigenvalue weighted by Gasteiger charge is 2.32. The van der Waals surface area contributed by atoms with Crippen LogP contribution in [0.2, 0.25) is 0 Å². The highest BCUT2D eigenvalue weighted by atomic mass is 16.2. The number of fused-ring (bicyclic) bond motifs is 1. The highest BCUT2D eigenvalue weighted by Crippen LogP contribution is 2.39. The summed E-state index contributed by atoms with van der Waals surface area (Å²) in [5, 5.41) is 6.41. The van der Waals surface area contributed by atoms with Crippen molar-refractivity contribution in [3.8, 4) is 0 Å². The van der Waals surface area contributed by atoms with Gasteiger partial charge < -0.3 is 21.3 Å². The Morgan fingerprint density at radius 1 is 1.11 bits per heavy atom. The van der Waals surface area contributed by atoms with Gasteiger partial charge in [-0.2, -0.15) is 0 Å². The summed E-state index contributed by atoms with van der Waals surface area (Å²) in [6.07, 6.45) is 1.63. The number of carbonyl (C=O) groups excluding carboxylic acids is 2. The lowest BCUT2D eigenvalue weighted by atomic mass is 9.91. The molecule has 0 aromatic heterocycles. The Kier molecular flexibility index (Phi) is 6.31. The summed E-state index contributed by atoms with van der Waals surface area (Å²) in [5.41, 5.74) is 9.24. The molecule has 0 radical (unpaired) electrons. The maximum absolute atomic E-state index is 12.4. The van der Waals surface area contributed by atoms with Crippen LogP contribution >= 0.6 is 0 Å². The minimum atomic E-state index is -0.0843. The smallest absolute Gasteiger partial charge is 0.226 e. The Bertz CT molecular complexity index is 835. The van der Waals surface area contributed by atoms with Gasteiger partial charge in [0.15, 0.2) is 0 Å². The summed E-state index contributed by atoms with van der Waals surface area (Å²) in [5.74, 6) is 0.0647. The van der Waals surface area contributed by atoms with Crippen molar-refractivity contribution in [2.24, 2.45) is 5.73 Å². The van der Waals surface area contributed by atoms with Crippen molar-refractivity contribution in [2.75, 3.05) is 22.1 Å². The topological polar surface area (TPSA) is 87.5 Å². The van der Waals surface area contributed by atoms with Crippen LogP contribution in [0.3, 0.4) is 0 Å². The molecule has 0 saturated carbocycles. The van der Waals surface area contributed by atoms with Gasteiger partial charge in [-0.25, -0.2) is 0 Å². The molecule has 1 aliphatic heterocycles. The van der Waals surface area contributed by atoms with Gasteiger partial charge in [-0.15, -0.1) is 0 Å². The van der Waals surface area contributed by atoms with Gasteiger partial charge in [0.1, 0.15) is 0 Å². The summed E-state index contributed by atoms with van der Waals surface area (Å²) in [7, 11) is 0. The second-order valence-corrected chi connectivity index (χ2v) is 7.12. The van der Waals surface area contributed by atoms with Crippen LogP contribution in [0.4, 0.5) is 17.1 Å². The highest BCUT2D eigenvalue weighted by molar-refractivity contribution is 5.95. The number of nitrogens with one attached hydrogen (secondary N) is 2. The largest absolute Gasteiger partial charge is 0.378 e. The van der Waals surface area contributed by atoms with E-state index in [0.717, 1.165) is 29.0 Å². The minimum Gasteiger partial charge on any atom is -0.378 e. The predicted octanol–water partition coefficient (Wildman–Crippen LogP) is 3.66. The molecule has 0 spiro atoms. The molecule has 0 saturated heterocycles. The average molecular weight is 380 g/mol. The average Bonchev–Trinajstić information content (AvgIpc) is 2.69. The Morgan fingerprint density at radius 3 is 2.46 bits per heavy atom. The van der Waals surface area contributed by atoms with Gasteiger partial charge >= 0.3 is 0 Å². The first-order valence-electron chi connectivity index (χ1n) is 9.81. The molecule has 1 heterocycles. The maximum atomic E-state index is 12.4. The number of para-hydroxylation sites is 1. The van der Waals surface area contributed by atoms with Crippen molar-refractivity contribution >= 4 is 28.9 Å². The Balaban J connectivity index is 1.77. The van der Waals surface area contributed by atoms with Crippen LogP contribution < -0.4 is 21.3 Å². The molecular weight excluding hydrogens is 352 g/mol. The minimum absolute atomic E-state index is 0.0843. The summed E-state index contributed by atoms with van der Waals surface area (Å²) in [4.78, 5) is 26.0. The second-order valence-electron chi connectivity index (χ2n) is 7.12. The molecule has 2 atom stereocenters. The summed E-state index contributed by atoms with van der Waals surface area (Å²) >= 11 is 0. The van der Waals surface area contributed by atoms with Gasteiger partial charge in [-0.05, 0) is 49.2 Å². The summed E-state index contributed by atoms with van der Waals surface area (Å²) in [6, 6.07) is 16.0. The van der Waals surface area contributed by atoms with Crippen molar-refractivity contribution in [2.45, 2.75) is 45.2 Å². The van der Waals surface area contributed by atoms with E-state index in [1.807, 2.05) is 54.3 Å². The quantitative estimate of drug-likeness (QED) is 0.714. The van der Waals surface area contributed by atoms with Crippen LogP contribution in [0.5, 0.6) is 0 Å². The van der Waals surface area contributed by atoms with Crippen LogP contribution in [0, 0.1) is 0 Å². The van der Waals surface area contributed by atoms with E-state index in [1.165, 1.54) is 0 Å². The first-order chi connectivity index (χ1) is 13.5. The fourth-order valence-electron chi connectivity index (χ4n) is 3.71. The molecule has 148 valence electrons. The van der Waals surface area contributed by atoms with E-state index in [4.69, 9.17) is 5.73 Å². The lowest BCUT2D eigenvalue weighted by molar-refractivity contribution is -0.119. The van der Waals surface area contributed by atoms with Gasteiger partial charge in [0.05, 0.1) is 6.04 Å². The lowest BCUT2D eigenvalue weighted by Crippen LogP contribution is -2.44. The molecule has 0 unspecified atom stereocenters. The number of hydrogen-bond donors (Lipinski definition) is 3. The van der Waals surface area contributed by atoms with Gasteiger partial charge in [-0.3, -0.25) is 9.59 Å². The molecule has 0 bridgehead atoms. The molecule has 3 rings (SSSR count). The van der Waals surface area contributed by atoms with E-state index >= 15 is 0 Å². The number of rotatable bonds is 6. The molecule has 28 heavy (non-hydrogen) atoms. The van der Waals surface area contributed by atoms with Gasteiger partial charge in [-0.1, -0.05) is 25.1 Å². The summed E-state index contributed by atoms with van der Waals surface area (Å²) in [6.45, 7) is 4.33. The Hall–Kier alpha value is -2.86. The number of anilines is 3. The number of nitrogens with zero attached hydrogens (tertiary/aromatic N) is 1. The van der Waals surface area contributed by atoms with E-state index in [-0.39, 0.29) is 23.9 Å². The third kappa shape index (κ3) is 4.34. The molecule has 2 aromatic rings. The van der Waals surface area contributed by atoms with E-state index in [9.17, 15) is 9.59 Å². The number of nitrogens with two attached hydrogens (primary N) is 1. The van der Waals surface area contributed by atoms with Gasteiger partial charge in [0, 0.05) is 42.5 Å². The first kappa shape index (κ1) is 19.9. The Morgan fingerprint density at radius 2 is 1.79 bits per heavy atom.